The molecule has 0 aromatic heterocycles. The molecule has 2 unspecified atom stereocenters. The summed E-state index contributed by atoms with van der Waals surface area (Å²) in [5, 5.41) is 0. The van der Waals surface area contributed by atoms with Crippen LogP contribution in [0.1, 0.15) is 47.0 Å². The molecule has 1 heterocycles. The molecule has 12 heavy (non-hydrogen) atoms. The Kier molecular flexibility index (Phi) is 3.16. The molecule has 1 saturated heterocycles. The topological polar surface area (TPSA) is 9.23 Å². The molecule has 0 radical (unpaired) electrons. The van der Waals surface area contributed by atoms with Crippen LogP contribution in [0.4, 0.5) is 0 Å². The lowest BCUT2D eigenvalue weighted by Gasteiger charge is -2.37. The van der Waals surface area contributed by atoms with Crippen molar-refractivity contribution in [3.63, 3.8) is 0 Å². The Labute approximate surface area is 76.5 Å². The van der Waals surface area contributed by atoms with Gasteiger partial charge in [0.2, 0.25) is 0 Å². The van der Waals surface area contributed by atoms with E-state index in [1.54, 1.807) is 0 Å². The highest BCUT2D eigenvalue weighted by Gasteiger charge is 2.29. The van der Waals surface area contributed by atoms with E-state index >= 15 is 0 Å². The van der Waals surface area contributed by atoms with Crippen LogP contribution in [0.15, 0.2) is 0 Å². The van der Waals surface area contributed by atoms with Crippen LogP contribution >= 0.6 is 0 Å². The minimum Gasteiger partial charge on any atom is -0.375 e. The molecule has 0 N–H and O–H groups in total. The van der Waals surface area contributed by atoms with Gasteiger partial charge in [-0.05, 0) is 38.5 Å². The first-order valence-electron chi connectivity index (χ1n) is 5.19. The third kappa shape index (κ3) is 2.48. The molecule has 1 aliphatic heterocycles. The van der Waals surface area contributed by atoms with Crippen molar-refractivity contribution in [1.82, 2.24) is 0 Å². The highest BCUT2D eigenvalue weighted by molar-refractivity contribution is 4.79. The molecule has 2 atom stereocenters. The quantitative estimate of drug-likeness (QED) is 0.618. The summed E-state index contributed by atoms with van der Waals surface area (Å²) >= 11 is 0. The summed E-state index contributed by atoms with van der Waals surface area (Å²) < 4.78 is 5.80. The molecule has 0 aromatic rings. The van der Waals surface area contributed by atoms with Crippen LogP contribution in [-0.4, -0.2) is 12.2 Å². The van der Waals surface area contributed by atoms with Gasteiger partial charge in [-0.2, -0.15) is 0 Å². The van der Waals surface area contributed by atoms with E-state index in [2.05, 4.69) is 27.7 Å². The first-order valence-corrected chi connectivity index (χ1v) is 5.19. The number of hydrogen-bond donors (Lipinski definition) is 0. The molecule has 1 rings (SSSR count). The molecular weight excluding hydrogens is 148 g/mol. The molecule has 0 aromatic carbocycles. The molecule has 0 spiro atoms. The number of rotatable bonds is 2. The first-order chi connectivity index (χ1) is 5.55. The van der Waals surface area contributed by atoms with E-state index in [0.29, 0.717) is 0 Å². The van der Waals surface area contributed by atoms with Crippen molar-refractivity contribution in [2.24, 2.45) is 11.8 Å². The van der Waals surface area contributed by atoms with E-state index in [9.17, 15) is 0 Å². The SMILES string of the molecule is CCC(C)C1CCC(C)(C)OC1. The van der Waals surface area contributed by atoms with Gasteiger partial charge in [-0.1, -0.05) is 20.3 Å². The Balaban J connectivity index is 2.36. The molecule has 0 aliphatic carbocycles. The minimum atomic E-state index is 0.143. The Hall–Kier alpha value is -0.0400. The van der Waals surface area contributed by atoms with Crippen molar-refractivity contribution in [1.29, 1.82) is 0 Å². The van der Waals surface area contributed by atoms with E-state index in [1.807, 2.05) is 0 Å². The largest absolute Gasteiger partial charge is 0.375 e. The third-order valence-corrected chi connectivity index (χ3v) is 3.25. The van der Waals surface area contributed by atoms with Crippen molar-refractivity contribution in [3.8, 4) is 0 Å². The van der Waals surface area contributed by atoms with Crippen LogP contribution in [0.5, 0.6) is 0 Å². The van der Waals surface area contributed by atoms with Crippen molar-refractivity contribution in [3.05, 3.63) is 0 Å². The van der Waals surface area contributed by atoms with Gasteiger partial charge < -0.3 is 4.74 Å². The predicted molar refractivity (Wildman–Crippen MR) is 52.2 cm³/mol. The van der Waals surface area contributed by atoms with Gasteiger partial charge in [0, 0.05) is 0 Å². The molecule has 0 saturated carbocycles. The fourth-order valence-electron chi connectivity index (χ4n) is 1.80. The van der Waals surface area contributed by atoms with Gasteiger partial charge in [-0.25, -0.2) is 0 Å². The average Bonchev–Trinajstić information content (AvgIpc) is 2.03. The molecule has 72 valence electrons. The Bertz CT molecular complexity index is 130. The summed E-state index contributed by atoms with van der Waals surface area (Å²) in [5.41, 5.74) is 0.143. The van der Waals surface area contributed by atoms with Crippen LogP contribution in [0.2, 0.25) is 0 Å². The first kappa shape index (κ1) is 10.0. The molecule has 1 nitrogen and oxygen atoms in total. The second-order valence-corrected chi connectivity index (χ2v) is 4.75. The smallest absolute Gasteiger partial charge is 0.0626 e. The summed E-state index contributed by atoms with van der Waals surface area (Å²) in [6, 6.07) is 0. The maximum absolute atomic E-state index is 5.80. The highest BCUT2D eigenvalue weighted by Crippen LogP contribution is 2.32. The predicted octanol–water partition coefficient (Wildman–Crippen LogP) is 3.24. The van der Waals surface area contributed by atoms with Gasteiger partial charge in [-0.3, -0.25) is 0 Å². The monoisotopic (exact) mass is 170 g/mol. The number of ether oxygens (including phenoxy) is 1. The molecule has 1 aliphatic rings. The third-order valence-electron chi connectivity index (χ3n) is 3.25. The normalized spacial score (nSPS) is 31.5. The standard InChI is InChI=1S/C11H22O/c1-5-9(2)10-6-7-11(3,4)12-8-10/h9-10H,5-8H2,1-4H3. The van der Waals surface area contributed by atoms with Gasteiger partial charge in [-0.15, -0.1) is 0 Å². The van der Waals surface area contributed by atoms with Crippen LogP contribution in [0.3, 0.4) is 0 Å². The molecule has 1 heteroatoms. The van der Waals surface area contributed by atoms with E-state index in [4.69, 9.17) is 4.74 Å². The summed E-state index contributed by atoms with van der Waals surface area (Å²) in [6.45, 7) is 9.97. The van der Waals surface area contributed by atoms with Gasteiger partial charge >= 0.3 is 0 Å². The minimum absolute atomic E-state index is 0.143. The van der Waals surface area contributed by atoms with Crippen LogP contribution in [0.25, 0.3) is 0 Å². The van der Waals surface area contributed by atoms with Gasteiger partial charge in [0.1, 0.15) is 0 Å². The maximum atomic E-state index is 5.80. The summed E-state index contributed by atoms with van der Waals surface area (Å²) in [7, 11) is 0. The Morgan fingerprint density at radius 2 is 2.17 bits per heavy atom. The summed E-state index contributed by atoms with van der Waals surface area (Å²) in [4.78, 5) is 0. The fourth-order valence-corrected chi connectivity index (χ4v) is 1.80. The van der Waals surface area contributed by atoms with E-state index in [-0.39, 0.29) is 5.60 Å². The van der Waals surface area contributed by atoms with Crippen LogP contribution in [-0.2, 0) is 4.74 Å². The molecule has 1 fully saturated rings. The Morgan fingerprint density at radius 3 is 2.58 bits per heavy atom. The van der Waals surface area contributed by atoms with Gasteiger partial charge in [0.15, 0.2) is 0 Å². The zero-order valence-corrected chi connectivity index (χ0v) is 8.89. The number of hydrogen-bond acceptors (Lipinski definition) is 1. The lowest BCUT2D eigenvalue weighted by molar-refractivity contribution is -0.0868. The summed E-state index contributed by atoms with van der Waals surface area (Å²) in [5.74, 6) is 1.64. The van der Waals surface area contributed by atoms with Gasteiger partial charge in [0.05, 0.1) is 12.2 Å². The van der Waals surface area contributed by atoms with Crippen LogP contribution in [0, 0.1) is 11.8 Å². The lowest BCUT2D eigenvalue weighted by Crippen LogP contribution is -2.35. The maximum Gasteiger partial charge on any atom is 0.0626 e. The fraction of sp³-hybridized carbons (Fsp3) is 1.00. The molecule has 0 amide bonds. The Morgan fingerprint density at radius 1 is 1.50 bits per heavy atom. The second-order valence-electron chi connectivity index (χ2n) is 4.75. The van der Waals surface area contributed by atoms with E-state index in [1.165, 1.54) is 19.3 Å². The zero-order valence-electron chi connectivity index (χ0n) is 8.89. The van der Waals surface area contributed by atoms with Gasteiger partial charge in [0.25, 0.3) is 0 Å². The van der Waals surface area contributed by atoms with Crippen molar-refractivity contribution in [2.75, 3.05) is 6.61 Å². The average molecular weight is 170 g/mol. The van der Waals surface area contributed by atoms with Crippen molar-refractivity contribution < 1.29 is 4.74 Å². The lowest BCUT2D eigenvalue weighted by atomic mass is 9.83. The highest BCUT2D eigenvalue weighted by atomic mass is 16.5. The van der Waals surface area contributed by atoms with E-state index in [0.717, 1.165) is 18.4 Å². The zero-order chi connectivity index (χ0) is 9.19. The molecular formula is C11H22O. The van der Waals surface area contributed by atoms with Crippen molar-refractivity contribution in [2.45, 2.75) is 52.6 Å². The summed E-state index contributed by atoms with van der Waals surface area (Å²) in [6.07, 6.45) is 3.86. The molecule has 0 bridgehead atoms. The van der Waals surface area contributed by atoms with E-state index < -0.39 is 0 Å². The van der Waals surface area contributed by atoms with Crippen molar-refractivity contribution >= 4 is 0 Å². The second kappa shape index (κ2) is 3.78. The van der Waals surface area contributed by atoms with Crippen LogP contribution < -0.4 is 0 Å².